The molecule has 3 aliphatic heterocycles. The maximum absolute atomic E-state index is 12.4. The molecule has 4 atom stereocenters. The molecule has 21 heavy (non-hydrogen) atoms. The van der Waals surface area contributed by atoms with Gasteiger partial charge in [0.05, 0.1) is 35.9 Å². The number of nitrogens with one attached hydrogen (secondary N) is 1. The van der Waals surface area contributed by atoms with Gasteiger partial charge >= 0.3 is 0 Å². The van der Waals surface area contributed by atoms with E-state index in [2.05, 4.69) is 5.43 Å². The number of rotatable bonds is 2. The molecule has 3 aliphatic rings. The Bertz CT molecular complexity index is 624. The van der Waals surface area contributed by atoms with Gasteiger partial charge in [-0.1, -0.05) is 0 Å². The second-order valence-corrected chi connectivity index (χ2v) is 5.69. The first-order chi connectivity index (χ1) is 10.1. The molecular formula is C14H14N2O5. The normalized spacial score (nSPS) is 33.7. The van der Waals surface area contributed by atoms with Crippen molar-refractivity contribution < 1.29 is 23.5 Å². The van der Waals surface area contributed by atoms with E-state index in [4.69, 9.17) is 9.15 Å². The fraction of sp³-hybridized carbons (Fsp3) is 0.500. The minimum atomic E-state index is -0.517. The van der Waals surface area contributed by atoms with E-state index in [-0.39, 0.29) is 24.0 Å². The van der Waals surface area contributed by atoms with Gasteiger partial charge in [-0.15, -0.1) is 0 Å². The molecule has 110 valence electrons. The highest BCUT2D eigenvalue weighted by molar-refractivity contribution is 6.08. The number of nitrogens with zero attached hydrogens (tertiary/aromatic N) is 1. The van der Waals surface area contributed by atoms with Crippen LogP contribution in [-0.4, -0.2) is 34.9 Å². The number of carbonyl (C=O) groups excluding carboxylic acids is 3. The van der Waals surface area contributed by atoms with E-state index < -0.39 is 17.7 Å². The number of fused-ring (bicyclic) bond motifs is 5. The van der Waals surface area contributed by atoms with Crippen molar-refractivity contribution in [1.29, 1.82) is 0 Å². The Labute approximate surface area is 120 Å². The predicted octanol–water partition coefficient (Wildman–Crippen LogP) is 0.395. The van der Waals surface area contributed by atoms with E-state index in [0.29, 0.717) is 11.3 Å². The van der Waals surface area contributed by atoms with Gasteiger partial charge in [0.25, 0.3) is 17.7 Å². The molecule has 3 saturated heterocycles. The summed E-state index contributed by atoms with van der Waals surface area (Å²) in [5.74, 6) is -1.70. The third-order valence-electron chi connectivity index (χ3n) is 4.60. The van der Waals surface area contributed by atoms with Crippen LogP contribution >= 0.6 is 0 Å². The minimum Gasteiger partial charge on any atom is -0.469 e. The number of aryl methyl sites for hydroxylation is 1. The Balaban J connectivity index is 1.57. The van der Waals surface area contributed by atoms with Gasteiger partial charge in [0.2, 0.25) is 0 Å². The van der Waals surface area contributed by atoms with E-state index in [1.807, 2.05) is 0 Å². The van der Waals surface area contributed by atoms with Crippen LogP contribution < -0.4 is 5.43 Å². The Morgan fingerprint density at radius 3 is 2.38 bits per heavy atom. The van der Waals surface area contributed by atoms with Crippen molar-refractivity contribution >= 4 is 17.7 Å². The Hall–Kier alpha value is -2.15. The fourth-order valence-electron chi connectivity index (χ4n) is 3.60. The number of hydrogen-bond acceptors (Lipinski definition) is 5. The van der Waals surface area contributed by atoms with E-state index >= 15 is 0 Å². The molecule has 0 spiro atoms. The number of hydrogen-bond donors (Lipinski definition) is 1. The number of hydrazine groups is 1. The zero-order chi connectivity index (χ0) is 14.7. The highest BCUT2D eigenvalue weighted by Gasteiger charge is 2.62. The van der Waals surface area contributed by atoms with Gasteiger partial charge in [-0.2, -0.15) is 5.01 Å². The van der Waals surface area contributed by atoms with Crippen LogP contribution in [0.3, 0.4) is 0 Å². The molecule has 0 saturated carbocycles. The molecule has 3 fully saturated rings. The third-order valence-corrected chi connectivity index (χ3v) is 4.60. The predicted molar refractivity (Wildman–Crippen MR) is 67.6 cm³/mol. The smallest absolute Gasteiger partial charge is 0.273 e. The zero-order valence-electron chi connectivity index (χ0n) is 11.4. The molecule has 1 aromatic rings. The lowest BCUT2D eigenvalue weighted by Crippen LogP contribution is -2.47. The summed E-state index contributed by atoms with van der Waals surface area (Å²) >= 11 is 0. The van der Waals surface area contributed by atoms with Crippen molar-refractivity contribution in [1.82, 2.24) is 10.4 Å². The topological polar surface area (TPSA) is 88.9 Å². The first kappa shape index (κ1) is 12.6. The van der Waals surface area contributed by atoms with Gasteiger partial charge < -0.3 is 9.15 Å². The van der Waals surface area contributed by atoms with Crippen LogP contribution in [0.15, 0.2) is 16.7 Å². The van der Waals surface area contributed by atoms with Crippen molar-refractivity contribution in [2.24, 2.45) is 11.8 Å². The summed E-state index contributed by atoms with van der Waals surface area (Å²) in [4.78, 5) is 36.9. The lowest BCUT2D eigenvalue weighted by molar-refractivity contribution is -0.145. The second-order valence-electron chi connectivity index (χ2n) is 5.69. The highest BCUT2D eigenvalue weighted by atomic mass is 16.5. The first-order valence-corrected chi connectivity index (χ1v) is 6.96. The highest BCUT2D eigenvalue weighted by Crippen LogP contribution is 2.48. The van der Waals surface area contributed by atoms with Gasteiger partial charge in [-0.05, 0) is 25.8 Å². The lowest BCUT2D eigenvalue weighted by Gasteiger charge is -2.17. The number of amides is 3. The van der Waals surface area contributed by atoms with Crippen LogP contribution in [0.25, 0.3) is 0 Å². The SMILES string of the molecule is Cc1occc1C(=O)NN1C(=O)[C@@H]2[C@H](C1=O)[C@H]1CC[C@H]2O1. The van der Waals surface area contributed by atoms with Gasteiger partial charge in [0, 0.05) is 0 Å². The summed E-state index contributed by atoms with van der Waals surface area (Å²) in [5.41, 5.74) is 2.71. The molecule has 7 nitrogen and oxygen atoms in total. The van der Waals surface area contributed by atoms with Gasteiger partial charge in [-0.3, -0.25) is 19.8 Å². The van der Waals surface area contributed by atoms with Crippen molar-refractivity contribution in [2.75, 3.05) is 0 Å². The van der Waals surface area contributed by atoms with Crippen LogP contribution in [0.5, 0.6) is 0 Å². The van der Waals surface area contributed by atoms with Crippen LogP contribution in [0.4, 0.5) is 0 Å². The van der Waals surface area contributed by atoms with E-state index in [0.717, 1.165) is 17.9 Å². The summed E-state index contributed by atoms with van der Waals surface area (Å²) < 4.78 is 10.7. The molecule has 4 rings (SSSR count). The van der Waals surface area contributed by atoms with E-state index in [9.17, 15) is 14.4 Å². The van der Waals surface area contributed by atoms with Gasteiger partial charge in [0.15, 0.2) is 0 Å². The van der Waals surface area contributed by atoms with Gasteiger partial charge in [-0.25, -0.2) is 0 Å². The number of ether oxygens (including phenoxy) is 1. The average Bonchev–Trinajstić information content (AvgIpc) is 3.19. The second kappa shape index (κ2) is 4.17. The third kappa shape index (κ3) is 1.61. The molecule has 0 radical (unpaired) electrons. The van der Waals surface area contributed by atoms with Crippen molar-refractivity contribution in [2.45, 2.75) is 32.0 Å². The van der Waals surface area contributed by atoms with Crippen LogP contribution in [0.2, 0.25) is 0 Å². The summed E-state index contributed by atoms with van der Waals surface area (Å²) in [5, 5.41) is 0.859. The number of carbonyl (C=O) groups is 3. The van der Waals surface area contributed by atoms with E-state index in [1.165, 1.54) is 12.3 Å². The van der Waals surface area contributed by atoms with Crippen LogP contribution in [0.1, 0.15) is 29.0 Å². The van der Waals surface area contributed by atoms with Crippen molar-refractivity contribution in [3.63, 3.8) is 0 Å². The molecule has 0 unspecified atom stereocenters. The molecule has 3 amide bonds. The van der Waals surface area contributed by atoms with Crippen molar-refractivity contribution in [3.8, 4) is 0 Å². The Kier molecular flexibility index (Phi) is 2.50. The molecule has 4 heterocycles. The Morgan fingerprint density at radius 2 is 1.86 bits per heavy atom. The summed E-state index contributed by atoms with van der Waals surface area (Å²) in [6.07, 6.45) is 2.62. The molecule has 2 bridgehead atoms. The van der Waals surface area contributed by atoms with Crippen LogP contribution in [-0.2, 0) is 14.3 Å². The largest absolute Gasteiger partial charge is 0.469 e. The number of imide groups is 1. The maximum Gasteiger partial charge on any atom is 0.273 e. The lowest BCUT2D eigenvalue weighted by atomic mass is 9.81. The fourth-order valence-corrected chi connectivity index (χ4v) is 3.60. The molecular weight excluding hydrogens is 276 g/mol. The minimum absolute atomic E-state index is 0.186. The molecule has 1 N–H and O–H groups in total. The van der Waals surface area contributed by atoms with Crippen molar-refractivity contribution in [3.05, 3.63) is 23.7 Å². The monoisotopic (exact) mass is 290 g/mol. The van der Waals surface area contributed by atoms with Gasteiger partial charge in [0.1, 0.15) is 5.76 Å². The molecule has 0 aliphatic carbocycles. The quantitative estimate of drug-likeness (QED) is 0.796. The molecule has 0 aromatic carbocycles. The van der Waals surface area contributed by atoms with E-state index in [1.54, 1.807) is 6.92 Å². The summed E-state index contributed by atoms with van der Waals surface area (Å²) in [6, 6.07) is 1.50. The molecule has 1 aromatic heterocycles. The summed E-state index contributed by atoms with van der Waals surface area (Å²) in [7, 11) is 0. The Morgan fingerprint density at radius 1 is 1.24 bits per heavy atom. The number of furan rings is 1. The van der Waals surface area contributed by atoms with Crippen LogP contribution in [0, 0.1) is 18.8 Å². The molecule has 7 heteroatoms. The average molecular weight is 290 g/mol. The standard InChI is InChI=1S/C14H14N2O5/c1-6-7(4-5-20-6)12(17)15-16-13(18)10-8-2-3-9(21-8)11(10)14(16)19/h4-5,8-11H,2-3H2,1H3,(H,15,17)/t8-,9-,10-,11+/m1/s1. The zero-order valence-corrected chi connectivity index (χ0v) is 11.4. The first-order valence-electron chi connectivity index (χ1n) is 6.96. The maximum atomic E-state index is 12.4. The summed E-state index contributed by atoms with van der Waals surface area (Å²) in [6.45, 7) is 1.64.